The zero-order chi connectivity index (χ0) is 9.84. The number of aliphatic hydroxyl groups is 1. The standard InChI is InChI=1S/C8H9ClO3S/c9-7-2-1-6(13-7)5(4-10)3-8(11)12/h1-2,5,10H,3-4H2,(H,11,12). The van der Waals surface area contributed by atoms with E-state index in [0.717, 1.165) is 4.88 Å². The predicted octanol–water partition coefficient (Wildman–Crippen LogP) is 1.95. The van der Waals surface area contributed by atoms with Crippen LogP contribution in [0.5, 0.6) is 0 Å². The van der Waals surface area contributed by atoms with Crippen LogP contribution in [0.1, 0.15) is 17.2 Å². The lowest BCUT2D eigenvalue weighted by molar-refractivity contribution is -0.137. The topological polar surface area (TPSA) is 57.5 Å². The smallest absolute Gasteiger partial charge is 0.304 e. The first-order valence-electron chi connectivity index (χ1n) is 3.71. The van der Waals surface area contributed by atoms with Gasteiger partial charge in [-0.3, -0.25) is 4.79 Å². The largest absolute Gasteiger partial charge is 0.481 e. The molecule has 0 aromatic carbocycles. The van der Waals surface area contributed by atoms with Gasteiger partial charge >= 0.3 is 5.97 Å². The third kappa shape index (κ3) is 2.99. The lowest BCUT2D eigenvalue weighted by Gasteiger charge is -2.07. The van der Waals surface area contributed by atoms with Gasteiger partial charge in [-0.2, -0.15) is 0 Å². The number of halogens is 1. The van der Waals surface area contributed by atoms with Gasteiger partial charge in [-0.05, 0) is 12.1 Å². The van der Waals surface area contributed by atoms with Crippen molar-refractivity contribution < 1.29 is 15.0 Å². The van der Waals surface area contributed by atoms with Crippen molar-refractivity contribution in [3.63, 3.8) is 0 Å². The lowest BCUT2D eigenvalue weighted by Crippen LogP contribution is -2.08. The Bertz CT molecular complexity index is 297. The quantitative estimate of drug-likeness (QED) is 0.816. The summed E-state index contributed by atoms with van der Waals surface area (Å²) in [5.41, 5.74) is 0. The molecule has 1 unspecified atom stereocenters. The predicted molar refractivity (Wildman–Crippen MR) is 51.4 cm³/mol. The van der Waals surface area contributed by atoms with Crippen LogP contribution in [0.25, 0.3) is 0 Å². The van der Waals surface area contributed by atoms with Crippen molar-refractivity contribution in [2.24, 2.45) is 0 Å². The van der Waals surface area contributed by atoms with E-state index >= 15 is 0 Å². The molecule has 1 aromatic heterocycles. The molecule has 0 bridgehead atoms. The Morgan fingerprint density at radius 3 is 2.69 bits per heavy atom. The normalized spacial score (nSPS) is 12.8. The monoisotopic (exact) mass is 220 g/mol. The summed E-state index contributed by atoms with van der Waals surface area (Å²) in [5.74, 6) is -1.25. The third-order valence-electron chi connectivity index (χ3n) is 1.64. The first kappa shape index (κ1) is 10.5. The summed E-state index contributed by atoms with van der Waals surface area (Å²) in [7, 11) is 0. The summed E-state index contributed by atoms with van der Waals surface area (Å²) in [5, 5.41) is 17.5. The fourth-order valence-electron chi connectivity index (χ4n) is 1.01. The van der Waals surface area contributed by atoms with Crippen LogP contribution in [0.4, 0.5) is 0 Å². The maximum absolute atomic E-state index is 10.4. The molecule has 2 N–H and O–H groups in total. The number of carboxylic acids is 1. The lowest BCUT2D eigenvalue weighted by atomic mass is 10.1. The van der Waals surface area contributed by atoms with E-state index in [-0.39, 0.29) is 18.9 Å². The molecule has 13 heavy (non-hydrogen) atoms. The van der Waals surface area contributed by atoms with E-state index in [1.165, 1.54) is 11.3 Å². The average Bonchev–Trinajstić information content (AvgIpc) is 2.47. The SMILES string of the molecule is O=C(O)CC(CO)c1ccc(Cl)s1. The molecule has 5 heteroatoms. The van der Waals surface area contributed by atoms with Gasteiger partial charge in [0, 0.05) is 10.8 Å². The second kappa shape index (κ2) is 4.60. The van der Waals surface area contributed by atoms with Gasteiger partial charge in [0.2, 0.25) is 0 Å². The van der Waals surface area contributed by atoms with Crippen LogP contribution in [0, 0.1) is 0 Å². The van der Waals surface area contributed by atoms with Gasteiger partial charge in [0.25, 0.3) is 0 Å². The summed E-state index contributed by atoms with van der Waals surface area (Å²) in [4.78, 5) is 11.2. The number of carbonyl (C=O) groups is 1. The van der Waals surface area contributed by atoms with Crippen molar-refractivity contribution >= 4 is 28.9 Å². The Balaban J connectivity index is 2.72. The zero-order valence-electron chi connectivity index (χ0n) is 6.74. The molecule has 1 aromatic rings. The summed E-state index contributed by atoms with van der Waals surface area (Å²) < 4.78 is 0.610. The molecule has 1 atom stereocenters. The van der Waals surface area contributed by atoms with E-state index in [2.05, 4.69) is 0 Å². The van der Waals surface area contributed by atoms with Gasteiger partial charge in [-0.25, -0.2) is 0 Å². The molecule has 1 heterocycles. The molecule has 72 valence electrons. The molecule has 0 saturated carbocycles. The third-order valence-corrected chi connectivity index (χ3v) is 3.03. The number of hydrogen-bond donors (Lipinski definition) is 2. The number of thiophene rings is 1. The van der Waals surface area contributed by atoms with E-state index < -0.39 is 5.97 Å². The van der Waals surface area contributed by atoms with Gasteiger partial charge in [0.05, 0.1) is 17.4 Å². The number of aliphatic hydroxyl groups excluding tert-OH is 1. The molecular weight excluding hydrogens is 212 g/mol. The fraction of sp³-hybridized carbons (Fsp3) is 0.375. The van der Waals surface area contributed by atoms with E-state index in [4.69, 9.17) is 21.8 Å². The van der Waals surface area contributed by atoms with Crippen molar-refractivity contribution in [3.05, 3.63) is 21.3 Å². The van der Waals surface area contributed by atoms with Crippen molar-refractivity contribution in [1.29, 1.82) is 0 Å². The summed E-state index contributed by atoms with van der Waals surface area (Å²) in [6.45, 7) is -0.164. The van der Waals surface area contributed by atoms with Crippen molar-refractivity contribution in [2.75, 3.05) is 6.61 Å². The number of hydrogen-bond acceptors (Lipinski definition) is 3. The molecule has 0 aliphatic carbocycles. The van der Waals surface area contributed by atoms with Crippen LogP contribution >= 0.6 is 22.9 Å². The summed E-state index contributed by atoms with van der Waals surface area (Å²) >= 11 is 6.99. The molecule has 0 saturated heterocycles. The van der Waals surface area contributed by atoms with E-state index in [0.29, 0.717) is 4.34 Å². The average molecular weight is 221 g/mol. The van der Waals surface area contributed by atoms with E-state index in [1.807, 2.05) is 0 Å². The second-order valence-corrected chi connectivity index (χ2v) is 4.37. The fourth-order valence-corrected chi connectivity index (χ4v) is 2.17. The Hall–Kier alpha value is -0.580. The summed E-state index contributed by atoms with van der Waals surface area (Å²) in [6, 6.07) is 3.45. The van der Waals surface area contributed by atoms with Crippen LogP contribution in [0.2, 0.25) is 4.34 Å². The highest BCUT2D eigenvalue weighted by Gasteiger charge is 2.16. The molecular formula is C8H9ClO3S. The van der Waals surface area contributed by atoms with Crippen LogP contribution in [-0.2, 0) is 4.79 Å². The Morgan fingerprint density at radius 2 is 2.31 bits per heavy atom. The van der Waals surface area contributed by atoms with Crippen molar-refractivity contribution in [3.8, 4) is 0 Å². The van der Waals surface area contributed by atoms with Gasteiger partial charge in [0.15, 0.2) is 0 Å². The Morgan fingerprint density at radius 1 is 1.62 bits per heavy atom. The van der Waals surface area contributed by atoms with Crippen molar-refractivity contribution in [2.45, 2.75) is 12.3 Å². The number of rotatable bonds is 4. The maximum Gasteiger partial charge on any atom is 0.304 e. The van der Waals surface area contributed by atoms with Crippen LogP contribution in [-0.4, -0.2) is 22.8 Å². The minimum atomic E-state index is -0.913. The van der Waals surface area contributed by atoms with E-state index in [9.17, 15) is 4.79 Å². The van der Waals surface area contributed by atoms with E-state index in [1.54, 1.807) is 12.1 Å². The molecule has 0 fully saturated rings. The number of carboxylic acid groups (broad SMARTS) is 1. The molecule has 3 nitrogen and oxygen atoms in total. The Labute approximate surface area is 84.6 Å². The van der Waals surface area contributed by atoms with Gasteiger partial charge in [-0.1, -0.05) is 11.6 Å². The van der Waals surface area contributed by atoms with Crippen LogP contribution in [0.3, 0.4) is 0 Å². The van der Waals surface area contributed by atoms with Gasteiger partial charge in [-0.15, -0.1) is 11.3 Å². The van der Waals surface area contributed by atoms with Crippen LogP contribution in [0.15, 0.2) is 12.1 Å². The Kier molecular flexibility index (Phi) is 3.71. The minimum absolute atomic E-state index is 0.0622. The molecule has 1 rings (SSSR count). The van der Waals surface area contributed by atoms with Gasteiger partial charge in [0.1, 0.15) is 0 Å². The highest BCUT2D eigenvalue weighted by Crippen LogP contribution is 2.29. The van der Waals surface area contributed by atoms with Crippen molar-refractivity contribution in [1.82, 2.24) is 0 Å². The first-order chi connectivity index (χ1) is 6.13. The summed E-state index contributed by atoms with van der Waals surface area (Å²) in [6.07, 6.45) is -0.0622. The molecule has 0 radical (unpaired) electrons. The van der Waals surface area contributed by atoms with Crippen LogP contribution < -0.4 is 0 Å². The zero-order valence-corrected chi connectivity index (χ0v) is 8.31. The first-order valence-corrected chi connectivity index (χ1v) is 4.91. The molecule has 0 spiro atoms. The maximum atomic E-state index is 10.4. The number of aliphatic carboxylic acids is 1. The van der Waals surface area contributed by atoms with Gasteiger partial charge < -0.3 is 10.2 Å². The molecule has 0 amide bonds. The second-order valence-electron chi connectivity index (χ2n) is 2.62. The highest BCUT2D eigenvalue weighted by molar-refractivity contribution is 7.16. The highest BCUT2D eigenvalue weighted by atomic mass is 35.5. The molecule has 0 aliphatic heterocycles. The minimum Gasteiger partial charge on any atom is -0.481 e. The molecule has 0 aliphatic rings.